The highest BCUT2D eigenvalue weighted by Crippen LogP contribution is 2.18. The summed E-state index contributed by atoms with van der Waals surface area (Å²) in [6.45, 7) is -2.35. The lowest BCUT2D eigenvalue weighted by atomic mass is 10.1. The molecule has 0 unspecified atom stereocenters. The summed E-state index contributed by atoms with van der Waals surface area (Å²) >= 11 is 2.72. The Morgan fingerprint density at radius 2 is 2.14 bits per heavy atom. The van der Waals surface area contributed by atoms with Gasteiger partial charge in [0, 0.05) is 6.54 Å². The summed E-state index contributed by atoms with van der Waals surface area (Å²) in [5.74, 6) is 0.324. The van der Waals surface area contributed by atoms with Gasteiger partial charge in [0.15, 0.2) is 4.34 Å². The Morgan fingerprint density at radius 1 is 1.36 bits per heavy atom. The van der Waals surface area contributed by atoms with E-state index in [2.05, 4.69) is 20.3 Å². The molecule has 1 aromatic carbocycles. The van der Waals surface area contributed by atoms with Gasteiger partial charge in [-0.05, 0) is 24.1 Å². The van der Waals surface area contributed by atoms with Crippen molar-refractivity contribution in [2.24, 2.45) is 0 Å². The predicted molar refractivity (Wildman–Crippen MR) is 80.4 cm³/mol. The van der Waals surface area contributed by atoms with Crippen molar-refractivity contribution in [1.29, 1.82) is 0 Å². The van der Waals surface area contributed by atoms with Crippen LogP contribution in [0.5, 0.6) is 5.75 Å². The number of carbonyl (C=O) groups excluding carboxylic acids is 1. The molecule has 118 valence electrons. The molecule has 0 radical (unpaired) electrons. The van der Waals surface area contributed by atoms with Crippen molar-refractivity contribution < 1.29 is 18.3 Å². The molecular formula is C13H13F2N3O2S2. The van der Waals surface area contributed by atoms with Crippen LogP contribution in [0.25, 0.3) is 0 Å². The summed E-state index contributed by atoms with van der Waals surface area (Å²) in [6, 6.07) is 6.35. The van der Waals surface area contributed by atoms with Crippen molar-refractivity contribution in [1.82, 2.24) is 15.5 Å². The van der Waals surface area contributed by atoms with Crippen LogP contribution in [0.2, 0.25) is 0 Å². The van der Waals surface area contributed by atoms with E-state index in [0.717, 1.165) is 9.90 Å². The summed E-state index contributed by atoms with van der Waals surface area (Å²) in [4.78, 5) is 11.6. The van der Waals surface area contributed by atoms with Crippen molar-refractivity contribution >= 4 is 29.0 Å². The van der Waals surface area contributed by atoms with Crippen molar-refractivity contribution in [3.05, 3.63) is 35.3 Å². The van der Waals surface area contributed by atoms with Gasteiger partial charge in [0.25, 0.3) is 0 Å². The van der Waals surface area contributed by atoms with Gasteiger partial charge in [-0.15, -0.1) is 10.2 Å². The first-order valence-electron chi connectivity index (χ1n) is 6.33. The molecule has 1 amide bonds. The number of nitrogens with zero attached hydrogens (tertiary/aromatic N) is 2. The molecule has 2 aromatic rings. The highest BCUT2D eigenvalue weighted by molar-refractivity contribution is 8.01. The molecule has 1 heterocycles. The van der Waals surface area contributed by atoms with E-state index >= 15 is 0 Å². The number of thioether (sulfide) groups is 1. The molecule has 0 fully saturated rings. The zero-order chi connectivity index (χ0) is 15.8. The summed E-state index contributed by atoms with van der Waals surface area (Å²) in [5, 5.41) is 10.3. The zero-order valence-corrected chi connectivity index (χ0v) is 13.0. The Kier molecular flexibility index (Phi) is 6.53. The summed E-state index contributed by atoms with van der Waals surface area (Å²) < 4.78 is 29.0. The van der Waals surface area contributed by atoms with E-state index < -0.39 is 6.61 Å². The largest absolute Gasteiger partial charge is 0.435 e. The van der Waals surface area contributed by atoms with Crippen LogP contribution in [0.1, 0.15) is 5.56 Å². The van der Waals surface area contributed by atoms with E-state index in [4.69, 9.17) is 0 Å². The van der Waals surface area contributed by atoms with E-state index in [1.807, 2.05) is 0 Å². The number of hydrogen-bond donors (Lipinski definition) is 1. The molecule has 1 aromatic heterocycles. The molecule has 0 aliphatic carbocycles. The Balaban J connectivity index is 1.66. The minimum absolute atomic E-state index is 0.0853. The van der Waals surface area contributed by atoms with Crippen LogP contribution in [-0.4, -0.2) is 35.0 Å². The number of alkyl halides is 2. The minimum Gasteiger partial charge on any atom is -0.435 e. The molecule has 1 N–H and O–H groups in total. The first kappa shape index (κ1) is 16.6. The molecule has 0 spiro atoms. The van der Waals surface area contributed by atoms with Crippen molar-refractivity contribution in [2.75, 3.05) is 12.3 Å². The van der Waals surface area contributed by atoms with Crippen LogP contribution in [0, 0.1) is 0 Å². The number of halogens is 2. The lowest BCUT2D eigenvalue weighted by Gasteiger charge is -2.07. The number of rotatable bonds is 8. The van der Waals surface area contributed by atoms with E-state index in [0.29, 0.717) is 13.0 Å². The zero-order valence-electron chi connectivity index (χ0n) is 11.4. The molecule has 0 aliphatic rings. The van der Waals surface area contributed by atoms with Crippen molar-refractivity contribution in [2.45, 2.75) is 17.4 Å². The first-order chi connectivity index (χ1) is 10.6. The van der Waals surface area contributed by atoms with Crippen LogP contribution in [0.15, 0.2) is 34.1 Å². The van der Waals surface area contributed by atoms with Gasteiger partial charge in [0.2, 0.25) is 5.91 Å². The smallest absolute Gasteiger partial charge is 0.387 e. The lowest BCUT2D eigenvalue weighted by molar-refractivity contribution is -0.118. The van der Waals surface area contributed by atoms with Crippen LogP contribution in [-0.2, 0) is 11.2 Å². The van der Waals surface area contributed by atoms with Crippen LogP contribution < -0.4 is 10.1 Å². The standard InChI is InChI=1S/C13H13F2N3O2S2/c14-12(15)20-10-3-1-9(2-4-10)5-6-16-11(19)7-21-13-18-17-8-22-13/h1-4,8,12H,5-7H2,(H,16,19). The van der Waals surface area contributed by atoms with E-state index in [1.54, 1.807) is 17.6 Å². The predicted octanol–water partition coefficient (Wildman–Crippen LogP) is 2.59. The molecule has 9 heteroatoms. The van der Waals surface area contributed by atoms with Crippen LogP contribution in [0.4, 0.5) is 8.78 Å². The quantitative estimate of drug-likeness (QED) is 0.745. The van der Waals surface area contributed by atoms with E-state index in [1.165, 1.54) is 35.2 Å². The molecule has 0 saturated carbocycles. The Morgan fingerprint density at radius 3 is 2.77 bits per heavy atom. The normalized spacial score (nSPS) is 10.7. The Bertz CT molecular complexity index is 579. The van der Waals surface area contributed by atoms with E-state index in [-0.39, 0.29) is 17.4 Å². The monoisotopic (exact) mass is 345 g/mol. The maximum absolute atomic E-state index is 12.0. The second-order valence-corrected chi connectivity index (χ2v) is 6.17. The van der Waals surface area contributed by atoms with Crippen LogP contribution >= 0.6 is 23.1 Å². The Labute approximate surface area is 134 Å². The number of carbonyl (C=O) groups is 1. The minimum atomic E-state index is -2.82. The van der Waals surface area contributed by atoms with Gasteiger partial charge in [-0.25, -0.2) is 0 Å². The SMILES string of the molecule is O=C(CSc1nncs1)NCCc1ccc(OC(F)F)cc1. The van der Waals surface area contributed by atoms with Crippen LogP contribution in [0.3, 0.4) is 0 Å². The highest BCUT2D eigenvalue weighted by atomic mass is 32.2. The molecule has 0 saturated heterocycles. The first-order valence-corrected chi connectivity index (χ1v) is 8.19. The second kappa shape index (κ2) is 8.64. The molecule has 0 bridgehead atoms. The molecule has 0 atom stereocenters. The lowest BCUT2D eigenvalue weighted by Crippen LogP contribution is -2.27. The number of amides is 1. The molecular weight excluding hydrogens is 332 g/mol. The van der Waals surface area contributed by atoms with Gasteiger partial charge in [-0.3, -0.25) is 4.79 Å². The molecule has 2 rings (SSSR count). The number of ether oxygens (including phenoxy) is 1. The maximum atomic E-state index is 12.0. The highest BCUT2D eigenvalue weighted by Gasteiger charge is 2.06. The summed E-state index contributed by atoms with van der Waals surface area (Å²) in [5.41, 5.74) is 2.54. The number of hydrogen-bond acceptors (Lipinski definition) is 6. The third-order valence-corrected chi connectivity index (χ3v) is 4.41. The molecule has 22 heavy (non-hydrogen) atoms. The van der Waals surface area contributed by atoms with E-state index in [9.17, 15) is 13.6 Å². The number of benzene rings is 1. The summed E-state index contributed by atoms with van der Waals surface area (Å²) in [6.07, 6.45) is 0.615. The van der Waals surface area contributed by atoms with Crippen molar-refractivity contribution in [3.63, 3.8) is 0 Å². The average molecular weight is 345 g/mol. The fraction of sp³-hybridized carbons (Fsp3) is 0.308. The number of aromatic nitrogens is 2. The third kappa shape index (κ3) is 5.94. The van der Waals surface area contributed by atoms with Gasteiger partial charge in [-0.2, -0.15) is 8.78 Å². The van der Waals surface area contributed by atoms with Gasteiger partial charge < -0.3 is 10.1 Å². The molecule has 0 aliphatic heterocycles. The number of nitrogens with one attached hydrogen (secondary N) is 1. The topological polar surface area (TPSA) is 64.1 Å². The fourth-order valence-electron chi connectivity index (χ4n) is 1.59. The fourth-order valence-corrected chi connectivity index (χ4v) is 2.91. The molecule has 5 nitrogen and oxygen atoms in total. The maximum Gasteiger partial charge on any atom is 0.387 e. The van der Waals surface area contributed by atoms with Gasteiger partial charge in [0.1, 0.15) is 11.3 Å². The Hall–Kier alpha value is -1.74. The second-order valence-electron chi connectivity index (χ2n) is 4.12. The third-order valence-electron chi connectivity index (χ3n) is 2.55. The van der Waals surface area contributed by atoms with Gasteiger partial charge >= 0.3 is 6.61 Å². The summed E-state index contributed by atoms with van der Waals surface area (Å²) in [7, 11) is 0. The van der Waals surface area contributed by atoms with Gasteiger partial charge in [-0.1, -0.05) is 35.2 Å². The van der Waals surface area contributed by atoms with Gasteiger partial charge in [0.05, 0.1) is 5.75 Å². The van der Waals surface area contributed by atoms with Crippen molar-refractivity contribution in [3.8, 4) is 5.75 Å². The average Bonchev–Trinajstić information content (AvgIpc) is 3.00.